The zero-order chi connectivity index (χ0) is 18.7. The van der Waals surface area contributed by atoms with Crippen molar-refractivity contribution in [2.24, 2.45) is 0 Å². The van der Waals surface area contributed by atoms with E-state index < -0.39 is 42.9 Å². The lowest BCUT2D eigenvalue weighted by molar-refractivity contribution is -0.140. The number of nitrogens with one attached hydrogen (secondary N) is 2. The SMILES string of the molecule is O=C(O)CC(NC(=O)CCNC(=O)OCc1ccccc1)C(=O)CF. The second-order valence-electron chi connectivity index (χ2n) is 5.06. The Morgan fingerprint density at radius 1 is 1.16 bits per heavy atom. The van der Waals surface area contributed by atoms with Crippen molar-refractivity contribution in [2.45, 2.75) is 25.5 Å². The van der Waals surface area contributed by atoms with Gasteiger partial charge in [-0.1, -0.05) is 30.3 Å². The molecule has 0 fully saturated rings. The highest BCUT2D eigenvalue weighted by Crippen LogP contribution is 2.00. The number of ketones is 1. The fraction of sp³-hybridized carbons (Fsp3) is 0.375. The van der Waals surface area contributed by atoms with Gasteiger partial charge in [-0.25, -0.2) is 9.18 Å². The Morgan fingerprint density at radius 3 is 2.44 bits per heavy atom. The zero-order valence-corrected chi connectivity index (χ0v) is 13.4. The molecule has 1 atom stereocenters. The summed E-state index contributed by atoms with van der Waals surface area (Å²) in [5.74, 6) is -3.04. The summed E-state index contributed by atoms with van der Waals surface area (Å²) in [6.45, 7) is -1.38. The predicted octanol–water partition coefficient (Wildman–Crippen LogP) is 0.801. The molecule has 0 saturated carbocycles. The van der Waals surface area contributed by atoms with Gasteiger partial charge in [0.1, 0.15) is 19.3 Å². The minimum atomic E-state index is -1.43. The first-order valence-electron chi connectivity index (χ1n) is 7.46. The number of Topliss-reactive ketones (excluding diaryl/α,β-unsaturated/α-hetero) is 1. The molecule has 8 nitrogen and oxygen atoms in total. The highest BCUT2D eigenvalue weighted by molar-refractivity contribution is 5.92. The summed E-state index contributed by atoms with van der Waals surface area (Å²) in [7, 11) is 0. The average molecular weight is 354 g/mol. The van der Waals surface area contributed by atoms with Crippen LogP contribution in [-0.2, 0) is 25.7 Å². The number of carboxylic acids is 1. The van der Waals surface area contributed by atoms with Crippen molar-refractivity contribution >= 4 is 23.8 Å². The van der Waals surface area contributed by atoms with E-state index in [1.165, 1.54) is 0 Å². The largest absolute Gasteiger partial charge is 0.481 e. The van der Waals surface area contributed by atoms with Crippen molar-refractivity contribution in [3.8, 4) is 0 Å². The third-order valence-electron chi connectivity index (χ3n) is 3.07. The first-order chi connectivity index (χ1) is 11.9. The number of carbonyl (C=O) groups excluding carboxylic acids is 3. The maximum atomic E-state index is 12.4. The molecule has 136 valence electrons. The van der Waals surface area contributed by atoms with Gasteiger partial charge in [0.15, 0.2) is 5.78 Å². The molecule has 9 heteroatoms. The molecule has 0 spiro atoms. The van der Waals surface area contributed by atoms with Crippen LogP contribution >= 0.6 is 0 Å². The summed E-state index contributed by atoms with van der Waals surface area (Å²) in [6.07, 6.45) is -1.64. The van der Waals surface area contributed by atoms with Crippen LogP contribution in [0.15, 0.2) is 30.3 Å². The fourth-order valence-corrected chi connectivity index (χ4v) is 1.83. The summed E-state index contributed by atoms with van der Waals surface area (Å²) in [5, 5.41) is 13.1. The van der Waals surface area contributed by atoms with E-state index in [0.717, 1.165) is 5.56 Å². The Labute approximate surface area is 143 Å². The molecule has 25 heavy (non-hydrogen) atoms. The van der Waals surface area contributed by atoms with Gasteiger partial charge in [-0.15, -0.1) is 0 Å². The molecular formula is C16H19FN2O6. The topological polar surface area (TPSA) is 122 Å². The number of carboxylic acid groups (broad SMARTS) is 1. The number of carbonyl (C=O) groups is 4. The van der Waals surface area contributed by atoms with Gasteiger partial charge in [0.05, 0.1) is 6.42 Å². The molecule has 0 aliphatic carbocycles. The molecule has 0 bridgehead atoms. The summed E-state index contributed by atoms with van der Waals surface area (Å²) in [4.78, 5) is 45.0. The highest BCUT2D eigenvalue weighted by atomic mass is 19.1. The van der Waals surface area contributed by atoms with Crippen LogP contribution in [0.4, 0.5) is 9.18 Å². The summed E-state index contributed by atoms with van der Waals surface area (Å²) in [6, 6.07) is 7.56. The van der Waals surface area contributed by atoms with E-state index in [1.54, 1.807) is 24.3 Å². The van der Waals surface area contributed by atoms with Gasteiger partial charge < -0.3 is 20.5 Å². The molecular weight excluding hydrogens is 335 g/mol. The minimum Gasteiger partial charge on any atom is -0.481 e. The standard InChI is InChI=1S/C16H19FN2O6/c17-9-13(20)12(8-15(22)23)19-14(21)6-7-18-16(24)25-10-11-4-2-1-3-5-11/h1-5,12H,6-10H2,(H,18,24)(H,19,21)(H,22,23). The van der Waals surface area contributed by atoms with E-state index in [1.807, 2.05) is 6.07 Å². The van der Waals surface area contributed by atoms with Gasteiger partial charge in [-0.3, -0.25) is 14.4 Å². The van der Waals surface area contributed by atoms with Gasteiger partial charge in [0.2, 0.25) is 5.91 Å². The average Bonchev–Trinajstić information content (AvgIpc) is 2.59. The van der Waals surface area contributed by atoms with Crippen LogP contribution in [0.5, 0.6) is 0 Å². The molecule has 0 aliphatic rings. The number of hydrogen-bond donors (Lipinski definition) is 3. The van der Waals surface area contributed by atoms with Crippen molar-refractivity contribution in [3.63, 3.8) is 0 Å². The van der Waals surface area contributed by atoms with E-state index in [2.05, 4.69) is 10.6 Å². The molecule has 1 aromatic rings. The number of halogens is 1. The van der Waals surface area contributed by atoms with Crippen LogP contribution in [0.25, 0.3) is 0 Å². The van der Waals surface area contributed by atoms with Crippen molar-refractivity contribution in [2.75, 3.05) is 13.2 Å². The van der Waals surface area contributed by atoms with Gasteiger partial charge in [0.25, 0.3) is 0 Å². The molecule has 1 aromatic carbocycles. The Morgan fingerprint density at radius 2 is 1.84 bits per heavy atom. The smallest absolute Gasteiger partial charge is 0.407 e. The van der Waals surface area contributed by atoms with Gasteiger partial charge in [0, 0.05) is 13.0 Å². The number of hydrogen-bond acceptors (Lipinski definition) is 5. The van der Waals surface area contributed by atoms with Gasteiger partial charge >= 0.3 is 12.1 Å². The molecule has 1 rings (SSSR count). The second-order valence-corrected chi connectivity index (χ2v) is 5.06. The third kappa shape index (κ3) is 8.45. The van der Waals surface area contributed by atoms with E-state index in [4.69, 9.17) is 9.84 Å². The summed E-state index contributed by atoms with van der Waals surface area (Å²) >= 11 is 0. The molecule has 0 aliphatic heterocycles. The highest BCUT2D eigenvalue weighted by Gasteiger charge is 2.23. The van der Waals surface area contributed by atoms with Crippen LogP contribution < -0.4 is 10.6 Å². The lowest BCUT2D eigenvalue weighted by atomic mass is 10.1. The lowest BCUT2D eigenvalue weighted by Crippen LogP contribution is -2.44. The summed E-state index contributed by atoms with van der Waals surface area (Å²) < 4.78 is 17.3. The van der Waals surface area contributed by atoms with E-state index in [9.17, 15) is 23.6 Å². The van der Waals surface area contributed by atoms with Crippen LogP contribution in [0.2, 0.25) is 0 Å². The number of alkyl carbamates (subject to hydrolysis) is 1. The second kappa shape index (κ2) is 10.7. The van der Waals surface area contributed by atoms with Crippen molar-refractivity contribution in [1.29, 1.82) is 0 Å². The summed E-state index contributed by atoms with van der Waals surface area (Å²) in [5.41, 5.74) is 0.802. The number of rotatable bonds is 10. The first-order valence-corrected chi connectivity index (χ1v) is 7.46. The van der Waals surface area contributed by atoms with Crippen molar-refractivity contribution in [1.82, 2.24) is 10.6 Å². The van der Waals surface area contributed by atoms with E-state index in [-0.39, 0.29) is 19.6 Å². The maximum absolute atomic E-state index is 12.4. The Bertz CT molecular complexity index is 608. The van der Waals surface area contributed by atoms with Crippen molar-refractivity contribution < 1.29 is 33.4 Å². The number of ether oxygens (including phenoxy) is 1. The molecule has 0 radical (unpaired) electrons. The zero-order valence-electron chi connectivity index (χ0n) is 13.4. The number of amides is 2. The lowest BCUT2D eigenvalue weighted by Gasteiger charge is -2.14. The number of aliphatic carboxylic acids is 1. The first kappa shape index (κ1) is 20.1. The number of benzene rings is 1. The van der Waals surface area contributed by atoms with Gasteiger partial charge in [-0.2, -0.15) is 0 Å². The number of alkyl halides is 1. The Balaban J connectivity index is 2.29. The molecule has 0 heterocycles. The molecule has 0 saturated heterocycles. The third-order valence-corrected chi connectivity index (χ3v) is 3.07. The predicted molar refractivity (Wildman–Crippen MR) is 84.4 cm³/mol. The normalized spacial score (nSPS) is 11.2. The van der Waals surface area contributed by atoms with Crippen LogP contribution in [0, 0.1) is 0 Å². The Kier molecular flexibility index (Phi) is 8.62. The van der Waals surface area contributed by atoms with E-state index >= 15 is 0 Å². The van der Waals surface area contributed by atoms with Crippen LogP contribution in [0.3, 0.4) is 0 Å². The minimum absolute atomic E-state index is 0.0740. The Hall–Kier alpha value is -2.97. The van der Waals surface area contributed by atoms with Crippen LogP contribution in [0.1, 0.15) is 18.4 Å². The van der Waals surface area contributed by atoms with Crippen molar-refractivity contribution in [3.05, 3.63) is 35.9 Å². The molecule has 1 unspecified atom stereocenters. The molecule has 3 N–H and O–H groups in total. The monoisotopic (exact) mass is 354 g/mol. The van der Waals surface area contributed by atoms with E-state index in [0.29, 0.717) is 0 Å². The quantitative estimate of drug-likeness (QED) is 0.571. The maximum Gasteiger partial charge on any atom is 0.407 e. The van der Waals surface area contributed by atoms with Gasteiger partial charge in [-0.05, 0) is 5.56 Å². The molecule has 2 amide bonds. The van der Waals surface area contributed by atoms with Crippen LogP contribution in [-0.4, -0.2) is 48.1 Å². The fourth-order valence-electron chi connectivity index (χ4n) is 1.83. The molecule has 0 aromatic heterocycles.